The fourth-order valence-corrected chi connectivity index (χ4v) is 2.14. The fourth-order valence-electron chi connectivity index (χ4n) is 1.76. The van der Waals surface area contributed by atoms with E-state index in [2.05, 4.69) is 0 Å². The van der Waals surface area contributed by atoms with Crippen LogP contribution in [0.3, 0.4) is 0 Å². The number of allylic oxidation sites excluding steroid dienone is 1. The van der Waals surface area contributed by atoms with Gasteiger partial charge in [-0.15, -0.1) is 0 Å². The number of methoxy groups -OCH3 is 1. The van der Waals surface area contributed by atoms with Crippen LogP contribution in [0.15, 0.2) is 42.5 Å². The summed E-state index contributed by atoms with van der Waals surface area (Å²) in [5.41, 5.74) is 0.998. The number of hydrogen-bond donors (Lipinski definition) is 1. The van der Waals surface area contributed by atoms with E-state index < -0.39 is 0 Å². The minimum Gasteiger partial charge on any atom is -0.504 e. The van der Waals surface area contributed by atoms with Gasteiger partial charge in [0.05, 0.1) is 12.1 Å². The summed E-state index contributed by atoms with van der Waals surface area (Å²) in [7, 11) is 1.47. The van der Waals surface area contributed by atoms with Crippen LogP contribution in [-0.4, -0.2) is 18.0 Å². The van der Waals surface area contributed by atoms with Crippen molar-refractivity contribution >= 4 is 35.1 Å². The van der Waals surface area contributed by atoms with Gasteiger partial charge in [0.25, 0.3) is 0 Å². The standard InChI is InChI=1S/C16H12Cl2O3/c1-21-16-7-3-10(8-15(16)20)2-6-14(19)12-9-11(17)4-5-13(12)18/h2-9,20H,1H3/b6-2+. The highest BCUT2D eigenvalue weighted by molar-refractivity contribution is 6.36. The molecule has 21 heavy (non-hydrogen) atoms. The number of benzene rings is 2. The largest absolute Gasteiger partial charge is 0.504 e. The molecule has 108 valence electrons. The first kappa shape index (κ1) is 15.4. The highest BCUT2D eigenvalue weighted by Crippen LogP contribution is 2.27. The smallest absolute Gasteiger partial charge is 0.187 e. The Bertz CT molecular complexity index is 709. The zero-order valence-electron chi connectivity index (χ0n) is 11.1. The summed E-state index contributed by atoms with van der Waals surface area (Å²) in [6.45, 7) is 0. The van der Waals surface area contributed by atoms with E-state index in [0.29, 0.717) is 26.9 Å². The Kier molecular flexibility index (Phi) is 4.89. The van der Waals surface area contributed by atoms with Crippen LogP contribution in [0, 0.1) is 0 Å². The molecule has 0 spiro atoms. The molecule has 0 atom stereocenters. The molecular weight excluding hydrogens is 311 g/mol. The van der Waals surface area contributed by atoms with Crippen LogP contribution in [0.4, 0.5) is 0 Å². The van der Waals surface area contributed by atoms with Crippen LogP contribution in [0.25, 0.3) is 6.08 Å². The Morgan fingerprint density at radius 3 is 2.62 bits per heavy atom. The van der Waals surface area contributed by atoms with Gasteiger partial charge in [0.2, 0.25) is 0 Å². The van der Waals surface area contributed by atoms with Crippen LogP contribution in [0.1, 0.15) is 15.9 Å². The number of carbonyl (C=O) groups excluding carboxylic acids is 1. The molecule has 0 fully saturated rings. The Balaban J connectivity index is 2.22. The Labute approximate surface area is 132 Å². The number of ether oxygens (including phenoxy) is 1. The summed E-state index contributed by atoms with van der Waals surface area (Å²) >= 11 is 11.8. The fraction of sp³-hybridized carbons (Fsp3) is 0.0625. The van der Waals surface area contributed by atoms with E-state index in [4.69, 9.17) is 27.9 Å². The van der Waals surface area contributed by atoms with Crippen molar-refractivity contribution in [2.75, 3.05) is 7.11 Å². The lowest BCUT2D eigenvalue weighted by Gasteiger charge is -2.03. The number of ketones is 1. The third-order valence-electron chi connectivity index (χ3n) is 2.82. The molecule has 1 N–H and O–H groups in total. The monoisotopic (exact) mass is 322 g/mol. The number of phenolic OH excluding ortho intramolecular Hbond substituents is 1. The number of phenols is 1. The van der Waals surface area contributed by atoms with Crippen molar-refractivity contribution in [2.24, 2.45) is 0 Å². The molecule has 0 unspecified atom stereocenters. The van der Waals surface area contributed by atoms with Crippen molar-refractivity contribution in [2.45, 2.75) is 0 Å². The predicted octanol–water partition coefficient (Wildman–Crippen LogP) is 4.60. The van der Waals surface area contributed by atoms with Gasteiger partial charge in [-0.25, -0.2) is 0 Å². The van der Waals surface area contributed by atoms with Crippen molar-refractivity contribution in [1.82, 2.24) is 0 Å². The van der Waals surface area contributed by atoms with Crippen molar-refractivity contribution in [3.8, 4) is 11.5 Å². The summed E-state index contributed by atoms with van der Waals surface area (Å²) < 4.78 is 4.95. The first-order chi connectivity index (χ1) is 10.0. The molecule has 5 heteroatoms. The lowest BCUT2D eigenvalue weighted by atomic mass is 10.1. The molecule has 0 bridgehead atoms. The molecule has 0 radical (unpaired) electrons. The molecule has 0 aliphatic heterocycles. The second kappa shape index (κ2) is 6.66. The molecule has 0 saturated heterocycles. The molecule has 0 aliphatic carbocycles. The summed E-state index contributed by atoms with van der Waals surface area (Å²) in [4.78, 5) is 12.1. The number of hydrogen-bond acceptors (Lipinski definition) is 3. The summed E-state index contributed by atoms with van der Waals surface area (Å²) in [6, 6.07) is 9.55. The number of aromatic hydroxyl groups is 1. The maximum Gasteiger partial charge on any atom is 0.187 e. The maximum atomic E-state index is 12.1. The van der Waals surface area contributed by atoms with Crippen LogP contribution >= 0.6 is 23.2 Å². The highest BCUT2D eigenvalue weighted by Gasteiger charge is 2.08. The molecule has 2 rings (SSSR count). The molecule has 2 aromatic carbocycles. The third kappa shape index (κ3) is 3.78. The van der Waals surface area contributed by atoms with Gasteiger partial charge >= 0.3 is 0 Å². The molecule has 0 amide bonds. The van der Waals surface area contributed by atoms with Gasteiger partial charge in [-0.1, -0.05) is 35.3 Å². The molecule has 0 aromatic heterocycles. The molecule has 0 saturated carbocycles. The lowest BCUT2D eigenvalue weighted by Crippen LogP contribution is -1.95. The minimum atomic E-state index is -0.266. The average molecular weight is 323 g/mol. The van der Waals surface area contributed by atoms with E-state index in [0.717, 1.165) is 0 Å². The van der Waals surface area contributed by atoms with Gasteiger partial charge in [0.15, 0.2) is 17.3 Å². The van der Waals surface area contributed by atoms with Crippen LogP contribution in [0.2, 0.25) is 10.0 Å². The summed E-state index contributed by atoms with van der Waals surface area (Å²) in [5, 5.41) is 10.5. The van der Waals surface area contributed by atoms with Gasteiger partial charge in [-0.2, -0.15) is 0 Å². The Morgan fingerprint density at radius 1 is 1.19 bits per heavy atom. The van der Waals surface area contributed by atoms with E-state index in [-0.39, 0.29) is 11.5 Å². The van der Waals surface area contributed by atoms with E-state index in [1.165, 1.54) is 25.3 Å². The molecule has 2 aromatic rings. The van der Waals surface area contributed by atoms with Crippen molar-refractivity contribution < 1.29 is 14.6 Å². The summed E-state index contributed by atoms with van der Waals surface area (Å²) in [5.74, 6) is 0.113. The van der Waals surface area contributed by atoms with Crippen molar-refractivity contribution in [1.29, 1.82) is 0 Å². The molecule has 0 aliphatic rings. The zero-order chi connectivity index (χ0) is 15.4. The molecule has 3 nitrogen and oxygen atoms in total. The van der Waals surface area contributed by atoms with Gasteiger partial charge in [0, 0.05) is 10.6 Å². The van der Waals surface area contributed by atoms with E-state index >= 15 is 0 Å². The first-order valence-corrected chi connectivity index (χ1v) is 6.81. The van der Waals surface area contributed by atoms with Gasteiger partial charge < -0.3 is 9.84 Å². The quantitative estimate of drug-likeness (QED) is 0.660. The van der Waals surface area contributed by atoms with Crippen molar-refractivity contribution in [3.05, 3.63) is 63.6 Å². The van der Waals surface area contributed by atoms with E-state index in [1.54, 1.807) is 30.3 Å². The third-order valence-corrected chi connectivity index (χ3v) is 3.39. The van der Waals surface area contributed by atoms with Crippen molar-refractivity contribution in [3.63, 3.8) is 0 Å². The SMILES string of the molecule is COc1ccc(/C=C/C(=O)c2cc(Cl)ccc2Cl)cc1O. The number of rotatable bonds is 4. The van der Waals surface area contributed by atoms with Gasteiger partial charge in [-0.3, -0.25) is 4.79 Å². The topological polar surface area (TPSA) is 46.5 Å². The van der Waals surface area contributed by atoms with Crippen LogP contribution in [0.5, 0.6) is 11.5 Å². The maximum absolute atomic E-state index is 12.1. The highest BCUT2D eigenvalue weighted by atomic mass is 35.5. The minimum absolute atomic E-state index is 0.00730. The number of carbonyl (C=O) groups is 1. The first-order valence-electron chi connectivity index (χ1n) is 6.05. The van der Waals surface area contributed by atoms with Gasteiger partial charge in [-0.05, 0) is 42.0 Å². The van der Waals surface area contributed by atoms with E-state index in [1.807, 2.05) is 0 Å². The lowest BCUT2D eigenvalue weighted by molar-refractivity contribution is 0.104. The second-order valence-corrected chi connectivity index (χ2v) is 5.10. The molecule has 0 heterocycles. The predicted molar refractivity (Wildman–Crippen MR) is 84.5 cm³/mol. The number of halogens is 2. The van der Waals surface area contributed by atoms with Crippen LogP contribution in [-0.2, 0) is 0 Å². The Hall–Kier alpha value is -1.97. The van der Waals surface area contributed by atoms with Gasteiger partial charge in [0.1, 0.15) is 0 Å². The second-order valence-electron chi connectivity index (χ2n) is 4.25. The van der Waals surface area contributed by atoms with E-state index in [9.17, 15) is 9.90 Å². The average Bonchev–Trinajstić information content (AvgIpc) is 2.47. The normalized spacial score (nSPS) is 10.8. The zero-order valence-corrected chi connectivity index (χ0v) is 12.7. The molecular formula is C16H12Cl2O3. The van der Waals surface area contributed by atoms with Crippen LogP contribution < -0.4 is 4.74 Å². The summed E-state index contributed by atoms with van der Waals surface area (Å²) in [6.07, 6.45) is 2.96. The Morgan fingerprint density at radius 2 is 1.95 bits per heavy atom.